The molecule has 1 aliphatic rings. The summed E-state index contributed by atoms with van der Waals surface area (Å²) in [7, 11) is 3.87. The van der Waals surface area contributed by atoms with Crippen LogP contribution in [0, 0.1) is 6.92 Å². The zero-order valence-corrected chi connectivity index (χ0v) is 20.7. The summed E-state index contributed by atoms with van der Waals surface area (Å²) in [6.45, 7) is 8.56. The lowest BCUT2D eigenvalue weighted by Crippen LogP contribution is -2.42. The minimum atomic E-state index is 0.212. The van der Waals surface area contributed by atoms with Gasteiger partial charge < -0.3 is 14.8 Å². The van der Waals surface area contributed by atoms with Gasteiger partial charge in [-0.25, -0.2) is 9.50 Å². The van der Waals surface area contributed by atoms with E-state index in [1.165, 1.54) is 5.56 Å². The predicted molar refractivity (Wildman–Crippen MR) is 134 cm³/mol. The van der Waals surface area contributed by atoms with Crippen molar-refractivity contribution in [2.24, 2.45) is 0 Å². The van der Waals surface area contributed by atoms with Crippen LogP contribution in [0.5, 0.6) is 0 Å². The van der Waals surface area contributed by atoms with Gasteiger partial charge in [0.2, 0.25) is 5.91 Å². The molecule has 1 aliphatic heterocycles. The normalized spacial score (nSPS) is 15.3. The molecule has 0 radical (unpaired) electrons. The Bertz CT molecular complexity index is 1340. The second-order valence-corrected chi connectivity index (χ2v) is 10.0. The molecular formula is C26H33N7O. The first-order valence-corrected chi connectivity index (χ1v) is 12.1. The van der Waals surface area contributed by atoms with Crippen LogP contribution in [0.3, 0.4) is 0 Å². The average Bonchev–Trinajstić information content (AvgIpc) is 3.43. The number of carbonyl (C=O) groups is 1. The van der Waals surface area contributed by atoms with Gasteiger partial charge in [0, 0.05) is 42.0 Å². The van der Waals surface area contributed by atoms with Gasteiger partial charge in [0.15, 0.2) is 5.65 Å². The van der Waals surface area contributed by atoms with Gasteiger partial charge in [0.05, 0.1) is 23.3 Å². The lowest BCUT2D eigenvalue weighted by Gasteiger charge is -2.32. The van der Waals surface area contributed by atoms with E-state index in [4.69, 9.17) is 4.98 Å². The second-order valence-electron chi connectivity index (χ2n) is 10.0. The Labute approximate surface area is 200 Å². The SMILES string of the molecule is Cc1cc(-c2[nH]c3ccc(C4CCN(C(=O)CN(C)C)CC4)nc3c2C(C)C)cn2ncnc12. The Kier molecular flexibility index (Phi) is 5.85. The van der Waals surface area contributed by atoms with Crippen molar-refractivity contribution >= 4 is 22.6 Å². The highest BCUT2D eigenvalue weighted by Gasteiger charge is 2.26. The summed E-state index contributed by atoms with van der Waals surface area (Å²) in [6.07, 6.45) is 5.53. The molecule has 1 saturated heterocycles. The smallest absolute Gasteiger partial charge is 0.236 e. The molecule has 0 bridgehead atoms. The van der Waals surface area contributed by atoms with Crippen LogP contribution in [-0.2, 0) is 4.79 Å². The first-order valence-electron chi connectivity index (χ1n) is 12.1. The summed E-state index contributed by atoms with van der Waals surface area (Å²) in [4.78, 5) is 29.5. The van der Waals surface area contributed by atoms with Crippen LogP contribution < -0.4 is 0 Å². The van der Waals surface area contributed by atoms with Crippen molar-refractivity contribution in [3.63, 3.8) is 0 Å². The van der Waals surface area contributed by atoms with Crippen LogP contribution in [0.25, 0.3) is 27.9 Å². The Morgan fingerprint density at radius 1 is 1.24 bits per heavy atom. The molecule has 0 spiro atoms. The highest BCUT2D eigenvalue weighted by Crippen LogP contribution is 2.37. The van der Waals surface area contributed by atoms with E-state index in [-0.39, 0.29) is 5.91 Å². The number of carbonyl (C=O) groups excluding carboxylic acids is 1. The van der Waals surface area contributed by atoms with Gasteiger partial charge >= 0.3 is 0 Å². The molecule has 0 aliphatic carbocycles. The fourth-order valence-corrected chi connectivity index (χ4v) is 5.14. The number of H-pyrrole nitrogens is 1. The second kappa shape index (κ2) is 8.83. The van der Waals surface area contributed by atoms with Gasteiger partial charge in [-0.2, -0.15) is 5.10 Å². The van der Waals surface area contributed by atoms with Crippen molar-refractivity contribution in [1.29, 1.82) is 0 Å². The monoisotopic (exact) mass is 459 g/mol. The maximum atomic E-state index is 12.4. The van der Waals surface area contributed by atoms with E-state index < -0.39 is 0 Å². The molecule has 1 N–H and O–H groups in total. The number of aryl methyl sites for hydroxylation is 1. The fraction of sp³-hybridized carbons (Fsp3) is 0.462. The molecule has 1 fully saturated rings. The molecule has 1 amide bonds. The van der Waals surface area contributed by atoms with Crippen LogP contribution in [0.2, 0.25) is 0 Å². The number of likely N-dealkylation sites (tertiary alicyclic amines) is 1. The highest BCUT2D eigenvalue weighted by molar-refractivity contribution is 5.88. The molecule has 178 valence electrons. The molecule has 5 heterocycles. The number of aromatic nitrogens is 5. The van der Waals surface area contributed by atoms with Gasteiger partial charge in [-0.05, 0) is 63.5 Å². The van der Waals surface area contributed by atoms with E-state index in [2.05, 4.69) is 54.0 Å². The largest absolute Gasteiger partial charge is 0.353 e. The van der Waals surface area contributed by atoms with Crippen molar-refractivity contribution in [3.05, 3.63) is 47.5 Å². The van der Waals surface area contributed by atoms with E-state index in [9.17, 15) is 4.79 Å². The summed E-state index contributed by atoms with van der Waals surface area (Å²) in [5.41, 5.74) is 8.61. The number of piperidine rings is 1. The standard InChI is InChI=1S/C26H33N7O/c1-16(2)23-24(19-12-17(3)26-27-15-28-33(26)13-19)30-21-7-6-20(29-25(21)23)18-8-10-32(11-9-18)22(34)14-31(4)5/h6-7,12-13,15-16,18,30H,8-11,14H2,1-5H3. The van der Waals surface area contributed by atoms with Gasteiger partial charge in [-0.15, -0.1) is 0 Å². The van der Waals surface area contributed by atoms with Crippen LogP contribution in [0.15, 0.2) is 30.7 Å². The molecule has 0 unspecified atom stereocenters. The van der Waals surface area contributed by atoms with Crippen molar-refractivity contribution in [3.8, 4) is 11.3 Å². The number of hydrogen-bond acceptors (Lipinski definition) is 5. The molecule has 4 aromatic rings. The van der Waals surface area contributed by atoms with Crippen molar-refractivity contribution in [2.45, 2.75) is 45.4 Å². The maximum absolute atomic E-state index is 12.4. The van der Waals surface area contributed by atoms with Crippen LogP contribution in [-0.4, -0.2) is 74.0 Å². The van der Waals surface area contributed by atoms with E-state index in [1.807, 2.05) is 34.6 Å². The molecule has 0 saturated carbocycles. The number of rotatable bonds is 5. The molecule has 0 atom stereocenters. The third kappa shape index (κ3) is 4.07. The molecular weight excluding hydrogens is 426 g/mol. The Balaban J connectivity index is 1.47. The predicted octanol–water partition coefficient (Wildman–Crippen LogP) is 3.97. The zero-order valence-electron chi connectivity index (χ0n) is 20.7. The summed E-state index contributed by atoms with van der Waals surface area (Å²) in [5, 5.41) is 4.35. The highest BCUT2D eigenvalue weighted by atomic mass is 16.2. The van der Waals surface area contributed by atoms with Gasteiger partial charge in [0.1, 0.15) is 6.33 Å². The summed E-state index contributed by atoms with van der Waals surface area (Å²) in [5.74, 6) is 0.896. The molecule has 4 aromatic heterocycles. The average molecular weight is 460 g/mol. The third-order valence-electron chi connectivity index (χ3n) is 6.84. The molecule has 5 rings (SSSR count). The number of nitrogens with one attached hydrogen (secondary N) is 1. The Morgan fingerprint density at radius 3 is 2.71 bits per heavy atom. The van der Waals surface area contributed by atoms with Gasteiger partial charge in [-0.3, -0.25) is 9.78 Å². The first-order chi connectivity index (χ1) is 16.3. The Morgan fingerprint density at radius 2 is 2.00 bits per heavy atom. The van der Waals surface area contributed by atoms with E-state index in [0.717, 1.165) is 65.1 Å². The van der Waals surface area contributed by atoms with Crippen molar-refractivity contribution < 1.29 is 4.79 Å². The zero-order chi connectivity index (χ0) is 24.0. The minimum absolute atomic E-state index is 0.212. The van der Waals surface area contributed by atoms with Crippen LogP contribution in [0.1, 0.15) is 55.3 Å². The fourth-order valence-electron chi connectivity index (χ4n) is 5.14. The van der Waals surface area contributed by atoms with E-state index in [1.54, 1.807) is 6.33 Å². The minimum Gasteiger partial charge on any atom is -0.353 e. The third-order valence-corrected chi connectivity index (χ3v) is 6.84. The lowest BCUT2D eigenvalue weighted by molar-refractivity contribution is -0.132. The number of aromatic amines is 1. The van der Waals surface area contributed by atoms with Crippen molar-refractivity contribution in [1.82, 2.24) is 34.4 Å². The Hall–Kier alpha value is -3.26. The van der Waals surface area contributed by atoms with Crippen LogP contribution in [0.4, 0.5) is 0 Å². The number of fused-ring (bicyclic) bond motifs is 2. The van der Waals surface area contributed by atoms with Gasteiger partial charge in [-0.1, -0.05) is 13.8 Å². The van der Waals surface area contributed by atoms with Crippen molar-refractivity contribution in [2.75, 3.05) is 33.7 Å². The topological polar surface area (TPSA) is 82.4 Å². The summed E-state index contributed by atoms with van der Waals surface area (Å²) >= 11 is 0. The molecule has 8 nitrogen and oxygen atoms in total. The van der Waals surface area contributed by atoms with Gasteiger partial charge in [0.25, 0.3) is 0 Å². The lowest BCUT2D eigenvalue weighted by atomic mass is 9.92. The quantitative estimate of drug-likeness (QED) is 0.488. The number of pyridine rings is 2. The number of likely N-dealkylation sites (N-methyl/N-ethyl adjacent to an activating group) is 1. The van der Waals surface area contributed by atoms with E-state index in [0.29, 0.717) is 18.4 Å². The first kappa shape index (κ1) is 22.5. The number of nitrogens with zero attached hydrogens (tertiary/aromatic N) is 6. The molecule has 8 heteroatoms. The number of hydrogen-bond donors (Lipinski definition) is 1. The summed E-state index contributed by atoms with van der Waals surface area (Å²) < 4.78 is 1.84. The van der Waals surface area contributed by atoms with Crippen LogP contribution >= 0.6 is 0 Å². The maximum Gasteiger partial charge on any atom is 0.236 e. The number of amides is 1. The molecule has 34 heavy (non-hydrogen) atoms. The molecule has 0 aromatic carbocycles. The van der Waals surface area contributed by atoms with E-state index >= 15 is 0 Å². The summed E-state index contributed by atoms with van der Waals surface area (Å²) in [6, 6.07) is 6.49.